The summed E-state index contributed by atoms with van der Waals surface area (Å²) in [5.74, 6) is 3.08. The van der Waals surface area contributed by atoms with Crippen molar-refractivity contribution in [2.75, 3.05) is 14.2 Å². The molecule has 4 rings (SSSR count). The standard InChI is InChI=1S/C20H18N4O4S/c1-25-15-9-8-14(11-16(15)26-2)19-23-22-18(27-19)12-29-20-24-21-17(28-20)10-13-6-4-3-5-7-13/h3-9,11H,10,12H2,1-2H3. The summed E-state index contributed by atoms with van der Waals surface area (Å²) < 4.78 is 22.0. The first-order chi connectivity index (χ1) is 14.2. The maximum Gasteiger partial charge on any atom is 0.277 e. The third-order valence-electron chi connectivity index (χ3n) is 4.06. The fraction of sp³-hybridized carbons (Fsp3) is 0.200. The van der Waals surface area contributed by atoms with Crippen LogP contribution in [0.1, 0.15) is 17.3 Å². The predicted molar refractivity (Wildman–Crippen MR) is 106 cm³/mol. The zero-order chi connectivity index (χ0) is 20.1. The minimum Gasteiger partial charge on any atom is -0.493 e. The molecule has 29 heavy (non-hydrogen) atoms. The van der Waals surface area contributed by atoms with Crippen LogP contribution in [-0.4, -0.2) is 34.6 Å². The van der Waals surface area contributed by atoms with Crippen molar-refractivity contribution in [1.29, 1.82) is 0 Å². The Hall–Kier alpha value is -3.33. The fourth-order valence-corrected chi connectivity index (χ4v) is 3.28. The Balaban J connectivity index is 1.39. The quantitative estimate of drug-likeness (QED) is 0.399. The van der Waals surface area contributed by atoms with E-state index < -0.39 is 0 Å². The van der Waals surface area contributed by atoms with Crippen molar-refractivity contribution in [3.8, 4) is 23.0 Å². The van der Waals surface area contributed by atoms with Gasteiger partial charge in [-0.15, -0.1) is 20.4 Å². The lowest BCUT2D eigenvalue weighted by atomic mass is 10.2. The Morgan fingerprint density at radius 1 is 0.828 bits per heavy atom. The van der Waals surface area contributed by atoms with Gasteiger partial charge in [0.05, 0.1) is 26.4 Å². The molecule has 9 heteroatoms. The van der Waals surface area contributed by atoms with Gasteiger partial charge in [0, 0.05) is 5.56 Å². The van der Waals surface area contributed by atoms with Crippen LogP contribution in [0.5, 0.6) is 11.5 Å². The number of hydrogen-bond acceptors (Lipinski definition) is 9. The van der Waals surface area contributed by atoms with Crippen LogP contribution in [0, 0.1) is 0 Å². The highest BCUT2D eigenvalue weighted by Crippen LogP contribution is 2.32. The summed E-state index contributed by atoms with van der Waals surface area (Å²) in [6.45, 7) is 0. The van der Waals surface area contributed by atoms with E-state index in [-0.39, 0.29) is 0 Å². The minimum absolute atomic E-state index is 0.400. The third kappa shape index (κ3) is 4.57. The third-order valence-corrected chi connectivity index (χ3v) is 4.87. The number of hydrogen-bond donors (Lipinski definition) is 0. The number of nitrogens with zero attached hydrogens (tertiary/aromatic N) is 4. The van der Waals surface area contributed by atoms with Crippen LogP contribution in [0.3, 0.4) is 0 Å². The van der Waals surface area contributed by atoms with Gasteiger partial charge in [-0.25, -0.2) is 0 Å². The Morgan fingerprint density at radius 2 is 1.62 bits per heavy atom. The Labute approximate surface area is 171 Å². The molecule has 0 fully saturated rings. The van der Waals surface area contributed by atoms with E-state index in [1.165, 1.54) is 11.8 Å². The van der Waals surface area contributed by atoms with Gasteiger partial charge in [0.1, 0.15) is 0 Å². The molecule has 0 amide bonds. The normalized spacial score (nSPS) is 10.8. The number of methoxy groups -OCH3 is 2. The summed E-state index contributed by atoms with van der Waals surface area (Å²) in [6.07, 6.45) is 0.596. The number of ether oxygens (including phenoxy) is 2. The average molecular weight is 410 g/mol. The van der Waals surface area contributed by atoms with Crippen LogP contribution in [0.4, 0.5) is 0 Å². The van der Waals surface area contributed by atoms with Crippen LogP contribution in [0.2, 0.25) is 0 Å². The van der Waals surface area contributed by atoms with E-state index in [2.05, 4.69) is 20.4 Å². The molecule has 148 valence electrons. The zero-order valence-corrected chi connectivity index (χ0v) is 16.7. The highest BCUT2D eigenvalue weighted by atomic mass is 32.2. The van der Waals surface area contributed by atoms with Gasteiger partial charge in [-0.2, -0.15) is 0 Å². The van der Waals surface area contributed by atoms with E-state index in [9.17, 15) is 0 Å². The van der Waals surface area contributed by atoms with E-state index in [0.717, 1.165) is 11.1 Å². The highest BCUT2D eigenvalue weighted by molar-refractivity contribution is 7.98. The first-order valence-corrected chi connectivity index (χ1v) is 9.77. The van der Waals surface area contributed by atoms with Gasteiger partial charge >= 0.3 is 0 Å². The maximum absolute atomic E-state index is 5.74. The van der Waals surface area contributed by atoms with E-state index in [4.69, 9.17) is 18.3 Å². The summed E-state index contributed by atoms with van der Waals surface area (Å²) >= 11 is 1.35. The van der Waals surface area contributed by atoms with Crippen molar-refractivity contribution in [2.24, 2.45) is 0 Å². The second-order valence-electron chi connectivity index (χ2n) is 5.98. The molecule has 0 spiro atoms. The number of thioether (sulfide) groups is 1. The highest BCUT2D eigenvalue weighted by Gasteiger charge is 2.14. The molecule has 0 saturated heterocycles. The smallest absolute Gasteiger partial charge is 0.277 e. The largest absolute Gasteiger partial charge is 0.493 e. The maximum atomic E-state index is 5.74. The Bertz CT molecular complexity index is 1080. The molecule has 0 radical (unpaired) electrons. The van der Waals surface area contributed by atoms with Crippen molar-refractivity contribution in [3.63, 3.8) is 0 Å². The molecule has 2 heterocycles. The molecule has 0 atom stereocenters. The van der Waals surface area contributed by atoms with Gasteiger partial charge in [-0.3, -0.25) is 0 Å². The van der Waals surface area contributed by atoms with Crippen molar-refractivity contribution in [3.05, 3.63) is 65.9 Å². The Morgan fingerprint density at radius 3 is 2.41 bits per heavy atom. The van der Waals surface area contributed by atoms with Gasteiger partial charge in [-0.1, -0.05) is 42.1 Å². The molecule has 4 aromatic rings. The van der Waals surface area contributed by atoms with Crippen LogP contribution < -0.4 is 9.47 Å². The monoisotopic (exact) mass is 410 g/mol. The second kappa shape index (κ2) is 8.78. The molecule has 0 unspecified atom stereocenters. The number of rotatable bonds is 8. The molecule has 2 aromatic carbocycles. The van der Waals surface area contributed by atoms with Crippen molar-refractivity contribution in [2.45, 2.75) is 17.4 Å². The molecule has 0 aliphatic rings. The lowest BCUT2D eigenvalue weighted by molar-refractivity contribution is 0.355. The molecule has 0 bridgehead atoms. The molecular weight excluding hydrogens is 392 g/mol. The van der Waals surface area contributed by atoms with Crippen molar-refractivity contribution in [1.82, 2.24) is 20.4 Å². The van der Waals surface area contributed by atoms with Crippen molar-refractivity contribution >= 4 is 11.8 Å². The molecule has 0 saturated carbocycles. The van der Waals surface area contributed by atoms with Gasteiger partial charge in [-0.05, 0) is 23.8 Å². The fourth-order valence-electron chi connectivity index (χ4n) is 2.66. The van der Waals surface area contributed by atoms with E-state index in [1.807, 2.05) is 36.4 Å². The minimum atomic E-state index is 0.400. The average Bonchev–Trinajstić information content (AvgIpc) is 3.42. The van der Waals surface area contributed by atoms with E-state index in [0.29, 0.717) is 46.6 Å². The molecule has 0 aliphatic heterocycles. The van der Waals surface area contributed by atoms with Crippen molar-refractivity contribution < 1.29 is 18.3 Å². The lowest BCUT2D eigenvalue weighted by Crippen LogP contribution is -1.90. The zero-order valence-electron chi connectivity index (χ0n) is 15.9. The first kappa shape index (κ1) is 19.0. The summed E-state index contributed by atoms with van der Waals surface area (Å²) in [5.41, 5.74) is 1.86. The molecule has 0 aliphatic carbocycles. The molecule has 8 nitrogen and oxygen atoms in total. The van der Waals surface area contributed by atoms with E-state index in [1.54, 1.807) is 26.4 Å². The van der Waals surface area contributed by atoms with Gasteiger partial charge < -0.3 is 18.3 Å². The predicted octanol–water partition coefficient (Wildman–Crippen LogP) is 4.02. The molecular formula is C20H18N4O4S. The van der Waals surface area contributed by atoms with Crippen LogP contribution in [-0.2, 0) is 12.2 Å². The summed E-state index contributed by atoms with van der Waals surface area (Å²) in [5, 5.41) is 16.8. The molecule has 2 aromatic heterocycles. The van der Waals surface area contributed by atoms with Gasteiger partial charge in [0.2, 0.25) is 17.7 Å². The van der Waals surface area contributed by atoms with E-state index >= 15 is 0 Å². The van der Waals surface area contributed by atoms with Crippen LogP contribution in [0.15, 0.2) is 62.6 Å². The van der Waals surface area contributed by atoms with Gasteiger partial charge in [0.25, 0.3) is 5.22 Å². The summed E-state index contributed by atoms with van der Waals surface area (Å²) in [7, 11) is 3.16. The second-order valence-corrected chi connectivity index (χ2v) is 6.91. The first-order valence-electron chi connectivity index (χ1n) is 8.79. The van der Waals surface area contributed by atoms with Crippen LogP contribution in [0.25, 0.3) is 11.5 Å². The number of aromatic nitrogens is 4. The van der Waals surface area contributed by atoms with Crippen LogP contribution >= 0.6 is 11.8 Å². The van der Waals surface area contributed by atoms with Gasteiger partial charge in [0.15, 0.2) is 11.5 Å². The Kier molecular flexibility index (Phi) is 5.76. The topological polar surface area (TPSA) is 96.3 Å². The summed E-state index contributed by atoms with van der Waals surface area (Å²) in [6, 6.07) is 15.4. The SMILES string of the molecule is COc1ccc(-c2nnc(CSc3nnc(Cc4ccccc4)o3)o2)cc1OC. The lowest BCUT2D eigenvalue weighted by Gasteiger charge is -2.07. The number of benzene rings is 2. The molecule has 0 N–H and O–H groups in total. The summed E-state index contributed by atoms with van der Waals surface area (Å²) in [4.78, 5) is 0.